The Kier molecular flexibility index (Phi) is 14.2. The van der Waals surface area contributed by atoms with E-state index < -0.39 is 73.3 Å². The highest BCUT2D eigenvalue weighted by Crippen LogP contribution is 2.42. The van der Waals surface area contributed by atoms with Crippen molar-refractivity contribution in [2.45, 2.75) is 49.8 Å². The number of hydrogen-bond donors (Lipinski definition) is 4. The van der Waals surface area contributed by atoms with Gasteiger partial charge in [0.2, 0.25) is 6.29 Å². The van der Waals surface area contributed by atoms with Crippen LogP contribution in [-0.4, -0.2) is 69.1 Å². The third kappa shape index (κ3) is 10.9. The molecule has 4 N–H and O–H groups in total. The van der Waals surface area contributed by atoms with Gasteiger partial charge in [-0.05, 0) is 54.7 Å². The molecule has 1 heterocycles. The molecule has 11 nitrogen and oxygen atoms in total. The van der Waals surface area contributed by atoms with E-state index in [9.17, 15) is 34.5 Å². The molecule has 1 saturated heterocycles. The molecule has 0 amide bonds. The third-order valence-corrected chi connectivity index (χ3v) is 7.62. The normalized spacial score (nSPS) is 22.1. The SMILES string of the molecule is COC(=O)[C@H]1O[C@@H](Oc2ccc(C(C)Br)cc2)[C@H](CC(=O)O)[C@@H](CC(=O)O)[C@@H]1CC(=O)O.Oc1ccc(CCBr)cc1. The van der Waals surface area contributed by atoms with Gasteiger partial charge in [0.25, 0.3) is 0 Å². The van der Waals surface area contributed by atoms with Crippen molar-refractivity contribution in [2.24, 2.45) is 17.8 Å². The van der Waals surface area contributed by atoms with Gasteiger partial charge < -0.3 is 34.6 Å². The van der Waals surface area contributed by atoms with Crippen LogP contribution in [0.15, 0.2) is 48.5 Å². The number of aliphatic carboxylic acids is 3. The number of phenols is 1. The summed E-state index contributed by atoms with van der Waals surface area (Å²) >= 11 is 6.79. The van der Waals surface area contributed by atoms with Crippen LogP contribution in [0.25, 0.3) is 0 Å². The number of alkyl halides is 2. The molecular formula is C29H34Br2O11. The van der Waals surface area contributed by atoms with Gasteiger partial charge >= 0.3 is 23.9 Å². The molecule has 1 fully saturated rings. The van der Waals surface area contributed by atoms with Crippen LogP contribution in [0.2, 0.25) is 0 Å². The van der Waals surface area contributed by atoms with Crippen molar-refractivity contribution >= 4 is 55.7 Å². The lowest BCUT2D eigenvalue weighted by atomic mass is 9.71. The van der Waals surface area contributed by atoms with Crippen LogP contribution < -0.4 is 4.74 Å². The highest BCUT2D eigenvalue weighted by molar-refractivity contribution is 9.09. The van der Waals surface area contributed by atoms with E-state index in [4.69, 9.17) is 19.3 Å². The summed E-state index contributed by atoms with van der Waals surface area (Å²) in [6.45, 7) is 1.93. The fraction of sp³-hybridized carbons (Fsp3) is 0.448. The maximum atomic E-state index is 12.4. The van der Waals surface area contributed by atoms with E-state index in [2.05, 4.69) is 31.9 Å². The number of carbonyl (C=O) groups excluding carboxylic acids is 1. The summed E-state index contributed by atoms with van der Waals surface area (Å²) in [7, 11) is 1.09. The summed E-state index contributed by atoms with van der Waals surface area (Å²) in [6, 6.07) is 14.1. The quantitative estimate of drug-likeness (QED) is 0.171. The molecule has 3 rings (SSSR count). The summed E-state index contributed by atoms with van der Waals surface area (Å²) in [5, 5.41) is 38.0. The number of esters is 1. The highest BCUT2D eigenvalue weighted by atomic mass is 79.9. The first kappa shape index (κ1) is 35.0. The average molecular weight is 718 g/mol. The number of ether oxygens (including phenoxy) is 3. The van der Waals surface area contributed by atoms with Crippen LogP contribution in [0.1, 0.15) is 42.1 Å². The van der Waals surface area contributed by atoms with E-state index in [1.165, 1.54) is 5.56 Å². The number of hydrogen-bond acceptors (Lipinski definition) is 8. The van der Waals surface area contributed by atoms with Gasteiger partial charge in [-0.2, -0.15) is 0 Å². The molecule has 42 heavy (non-hydrogen) atoms. The predicted molar refractivity (Wildman–Crippen MR) is 158 cm³/mol. The number of carbonyl (C=O) groups is 4. The first-order chi connectivity index (χ1) is 19.9. The minimum atomic E-state index is -1.43. The van der Waals surface area contributed by atoms with Crippen LogP contribution in [-0.2, 0) is 35.1 Å². The Morgan fingerprint density at radius 1 is 0.857 bits per heavy atom. The summed E-state index contributed by atoms with van der Waals surface area (Å²) < 4.78 is 16.3. The van der Waals surface area contributed by atoms with Crippen LogP contribution in [0.4, 0.5) is 0 Å². The Balaban J connectivity index is 0.000000518. The van der Waals surface area contributed by atoms with Crippen LogP contribution >= 0.6 is 31.9 Å². The third-order valence-electron chi connectivity index (χ3n) is 6.69. The molecule has 1 unspecified atom stereocenters. The van der Waals surface area contributed by atoms with Gasteiger partial charge in [-0.3, -0.25) is 14.4 Å². The number of phenolic OH excluding ortho intramolecular Hbond substituents is 1. The molecule has 2 aromatic rings. The summed E-state index contributed by atoms with van der Waals surface area (Å²) in [5.74, 6) is -7.19. The molecule has 6 atom stereocenters. The standard InChI is InChI=1S/C21H25BrO10.C8H9BrO/c1-10(22)11-3-5-12(6-4-11)31-21-15(9-18(27)28)13(7-16(23)24)14(8-17(25)26)19(32-21)20(29)30-2;9-6-5-7-1-3-8(10)4-2-7/h3-6,10,13-15,19,21H,7-9H2,1-2H3,(H,23,24)(H,25,26)(H,27,28);1-4,10H,5-6H2/t10?,13-,14-,15+,19-,21+;/m0./s1. The minimum absolute atomic E-state index is 0.0858. The molecule has 1 aliphatic rings. The highest BCUT2D eigenvalue weighted by Gasteiger charge is 2.51. The molecule has 0 aliphatic carbocycles. The number of carboxylic acid groups (broad SMARTS) is 3. The number of carboxylic acids is 3. The Hall–Kier alpha value is -3.16. The first-order valence-corrected chi connectivity index (χ1v) is 15.0. The van der Waals surface area contributed by atoms with Crippen LogP contribution in [0.3, 0.4) is 0 Å². The first-order valence-electron chi connectivity index (χ1n) is 13.0. The average Bonchev–Trinajstić information content (AvgIpc) is 2.92. The summed E-state index contributed by atoms with van der Waals surface area (Å²) in [6.07, 6.45) is -3.43. The van der Waals surface area contributed by atoms with Crippen molar-refractivity contribution in [3.63, 3.8) is 0 Å². The zero-order valence-electron chi connectivity index (χ0n) is 23.0. The van der Waals surface area contributed by atoms with E-state index in [0.717, 1.165) is 24.4 Å². The molecule has 0 bridgehead atoms. The zero-order valence-corrected chi connectivity index (χ0v) is 26.2. The van der Waals surface area contributed by atoms with Crippen molar-refractivity contribution in [1.29, 1.82) is 0 Å². The van der Waals surface area contributed by atoms with Crippen LogP contribution in [0.5, 0.6) is 11.5 Å². The van der Waals surface area contributed by atoms with Crippen LogP contribution in [0, 0.1) is 17.8 Å². The Morgan fingerprint density at radius 2 is 1.38 bits per heavy atom. The van der Waals surface area contributed by atoms with Gasteiger partial charge in [-0.25, -0.2) is 4.79 Å². The van der Waals surface area contributed by atoms with Gasteiger partial charge in [-0.1, -0.05) is 56.1 Å². The lowest BCUT2D eigenvalue weighted by molar-refractivity contribution is -0.233. The van der Waals surface area contributed by atoms with Crippen molar-refractivity contribution in [3.8, 4) is 11.5 Å². The molecular weight excluding hydrogens is 684 g/mol. The summed E-state index contributed by atoms with van der Waals surface area (Å²) in [4.78, 5) is 47.0. The van der Waals surface area contributed by atoms with Gasteiger partial charge in [0.05, 0.1) is 20.0 Å². The smallest absolute Gasteiger partial charge is 0.335 e. The molecule has 1 aliphatic heterocycles. The van der Waals surface area contributed by atoms with E-state index in [0.29, 0.717) is 11.5 Å². The Morgan fingerprint density at radius 3 is 1.86 bits per heavy atom. The van der Waals surface area contributed by atoms with Crippen molar-refractivity contribution in [1.82, 2.24) is 0 Å². The van der Waals surface area contributed by atoms with Crippen molar-refractivity contribution < 1.29 is 53.8 Å². The monoisotopic (exact) mass is 716 g/mol. The van der Waals surface area contributed by atoms with E-state index >= 15 is 0 Å². The molecule has 0 aromatic heterocycles. The van der Waals surface area contributed by atoms with Gasteiger partial charge in [0, 0.05) is 28.4 Å². The minimum Gasteiger partial charge on any atom is -0.508 e. The Labute approximate surface area is 260 Å². The lowest BCUT2D eigenvalue weighted by Gasteiger charge is -2.44. The van der Waals surface area contributed by atoms with Crippen molar-refractivity contribution in [3.05, 3.63) is 59.7 Å². The van der Waals surface area contributed by atoms with Gasteiger partial charge in [0.1, 0.15) is 11.5 Å². The second kappa shape index (κ2) is 17.1. The summed E-state index contributed by atoms with van der Waals surface area (Å²) in [5.41, 5.74) is 2.20. The number of benzene rings is 2. The van der Waals surface area contributed by atoms with E-state index in [1.807, 2.05) is 19.1 Å². The Bertz CT molecular complexity index is 1190. The molecule has 0 saturated carbocycles. The van der Waals surface area contributed by atoms with Gasteiger partial charge in [-0.15, -0.1) is 0 Å². The van der Waals surface area contributed by atoms with E-state index in [-0.39, 0.29) is 4.83 Å². The maximum Gasteiger partial charge on any atom is 0.335 e. The fourth-order valence-corrected chi connectivity index (χ4v) is 5.45. The second-order valence-electron chi connectivity index (χ2n) is 9.64. The number of halogens is 2. The largest absolute Gasteiger partial charge is 0.508 e. The number of rotatable bonds is 12. The van der Waals surface area contributed by atoms with Crippen molar-refractivity contribution in [2.75, 3.05) is 12.4 Å². The zero-order chi connectivity index (χ0) is 31.4. The number of methoxy groups -OCH3 is 1. The fourth-order valence-electron chi connectivity index (χ4n) is 4.68. The van der Waals surface area contributed by atoms with Gasteiger partial charge in [0.15, 0.2) is 6.10 Å². The number of aromatic hydroxyl groups is 1. The molecule has 13 heteroatoms. The molecule has 0 spiro atoms. The predicted octanol–water partition coefficient (Wildman–Crippen LogP) is 5.02. The maximum absolute atomic E-state index is 12.4. The number of aryl methyl sites for hydroxylation is 1. The molecule has 230 valence electrons. The lowest BCUT2D eigenvalue weighted by Crippen LogP contribution is -2.54. The van der Waals surface area contributed by atoms with E-state index in [1.54, 1.807) is 36.4 Å². The second-order valence-corrected chi connectivity index (χ2v) is 11.8. The topological polar surface area (TPSA) is 177 Å². The molecule has 2 aromatic carbocycles. The molecule has 0 radical (unpaired) electrons.